The predicted octanol–water partition coefficient (Wildman–Crippen LogP) is 4.46. The number of carboxylic acid groups (broad SMARTS) is 1. The number of alkyl carbamates (subject to hydrolysis) is 1. The number of aliphatic carboxylic acids is 1. The number of aromatic amines is 1. The zero-order valence-corrected chi connectivity index (χ0v) is 28.1. The zero-order valence-electron chi connectivity index (χ0n) is 28.1. The van der Waals surface area contributed by atoms with Crippen molar-refractivity contribution in [2.45, 2.75) is 76.7 Å². The van der Waals surface area contributed by atoms with Crippen molar-refractivity contribution in [2.75, 3.05) is 7.11 Å². The predicted molar refractivity (Wildman–Crippen MR) is 179 cm³/mol. The van der Waals surface area contributed by atoms with E-state index < -0.39 is 35.9 Å². The number of carbonyl (C=O) groups is 2. The molecule has 1 fully saturated rings. The number of carboxylic acids is 1. The number of H-pyrrole nitrogens is 1. The third-order valence-electron chi connectivity index (χ3n) is 8.95. The van der Waals surface area contributed by atoms with Gasteiger partial charge in [0.25, 0.3) is 0 Å². The molecule has 1 saturated carbocycles. The first kappa shape index (κ1) is 32.8. The van der Waals surface area contributed by atoms with Crippen LogP contribution in [0, 0.1) is 0 Å². The summed E-state index contributed by atoms with van der Waals surface area (Å²) in [5.41, 5.74) is 4.59. The number of benzene rings is 1. The van der Waals surface area contributed by atoms with Crippen molar-refractivity contribution in [3.05, 3.63) is 52.7 Å². The van der Waals surface area contributed by atoms with E-state index in [0.717, 1.165) is 16.7 Å². The fourth-order valence-corrected chi connectivity index (χ4v) is 6.77. The smallest absolute Gasteiger partial charge is 0.407 e. The molecule has 6 rings (SSSR count). The highest BCUT2D eigenvalue weighted by molar-refractivity contribution is 6.14. The van der Waals surface area contributed by atoms with Crippen molar-refractivity contribution in [2.24, 2.45) is 14.1 Å². The van der Waals surface area contributed by atoms with Crippen LogP contribution >= 0.6 is 0 Å². The number of aliphatic hydroxyl groups excluding tert-OH is 1. The summed E-state index contributed by atoms with van der Waals surface area (Å²) >= 11 is 0. The number of fused-ring (bicyclic) bond motifs is 3. The lowest BCUT2D eigenvalue weighted by molar-refractivity contribution is -0.137. The van der Waals surface area contributed by atoms with Crippen LogP contribution in [0.25, 0.3) is 44.5 Å². The monoisotopic (exact) mass is 659 g/mol. The summed E-state index contributed by atoms with van der Waals surface area (Å²) in [6, 6.07) is 6.64. The largest absolute Gasteiger partial charge is 0.481 e. The summed E-state index contributed by atoms with van der Waals surface area (Å²) in [4.78, 5) is 46.2. The molecule has 0 saturated heterocycles. The molecule has 1 amide bonds. The fraction of sp³-hybridized carbons (Fsp3) is 0.441. The number of nitrogens with zero attached hydrogens (tertiary/aromatic N) is 5. The van der Waals surface area contributed by atoms with E-state index in [1.165, 1.54) is 0 Å². The first-order valence-corrected chi connectivity index (χ1v) is 15.9. The number of hydrogen-bond acceptors (Lipinski definition) is 8. The van der Waals surface area contributed by atoms with Crippen LogP contribution in [0.4, 0.5) is 4.79 Å². The first-order chi connectivity index (χ1) is 22.7. The Morgan fingerprint density at radius 1 is 1.17 bits per heavy atom. The van der Waals surface area contributed by atoms with Crippen LogP contribution in [0.2, 0.25) is 0 Å². The number of aryl methyl sites for hydroxylation is 2. The number of ether oxygens (including phenoxy) is 2. The van der Waals surface area contributed by atoms with E-state index in [1.807, 2.05) is 37.4 Å². The number of imidazole rings is 1. The van der Waals surface area contributed by atoms with Gasteiger partial charge in [-0.25, -0.2) is 14.6 Å². The Bertz CT molecular complexity index is 2080. The molecule has 254 valence electrons. The van der Waals surface area contributed by atoms with Crippen molar-refractivity contribution in [3.8, 4) is 28.3 Å². The second kappa shape index (κ2) is 12.2. The van der Waals surface area contributed by atoms with E-state index in [9.17, 15) is 24.6 Å². The molecule has 4 N–H and O–H groups in total. The van der Waals surface area contributed by atoms with Crippen LogP contribution in [-0.4, -0.2) is 76.0 Å². The van der Waals surface area contributed by atoms with Gasteiger partial charge < -0.3 is 30.0 Å². The molecule has 1 aliphatic rings. The Morgan fingerprint density at radius 3 is 2.52 bits per heavy atom. The number of methoxy groups -OCH3 is 1. The van der Waals surface area contributed by atoms with Gasteiger partial charge in [0, 0.05) is 31.9 Å². The molecule has 1 aliphatic carbocycles. The van der Waals surface area contributed by atoms with Crippen LogP contribution in [0.15, 0.2) is 41.5 Å². The van der Waals surface area contributed by atoms with Crippen LogP contribution in [0.3, 0.4) is 0 Å². The van der Waals surface area contributed by atoms with Crippen LogP contribution in [0.5, 0.6) is 5.88 Å². The number of carbonyl (C=O) groups excluding carboxylic acids is 1. The highest BCUT2D eigenvalue weighted by Gasteiger charge is 2.38. The molecule has 0 radical (unpaired) electrons. The SMILES string of the molecule is COc1nn(C)cc1-c1[nH]c2ncc3c(c2c1-c1ccc([C@H](C)CC(=O)O)cc1)n([C@@H]1C[C@@H](O)[C@@H](NC(=O)OC(C)(C)C)C1)c(=O)n3C. The van der Waals surface area contributed by atoms with E-state index in [0.29, 0.717) is 45.6 Å². The first-order valence-electron chi connectivity index (χ1n) is 15.9. The van der Waals surface area contributed by atoms with Gasteiger partial charge in [-0.2, -0.15) is 0 Å². The van der Waals surface area contributed by atoms with Gasteiger partial charge in [-0.1, -0.05) is 31.2 Å². The lowest BCUT2D eigenvalue weighted by atomic mass is 9.93. The molecular weight excluding hydrogens is 618 g/mol. The van der Waals surface area contributed by atoms with Gasteiger partial charge in [0.15, 0.2) is 0 Å². The Hall–Kier alpha value is -5.11. The van der Waals surface area contributed by atoms with Gasteiger partial charge in [0.1, 0.15) is 11.2 Å². The molecule has 4 atom stereocenters. The van der Waals surface area contributed by atoms with E-state index in [-0.39, 0.29) is 24.4 Å². The maximum Gasteiger partial charge on any atom is 0.407 e. The average Bonchev–Trinajstić information content (AvgIpc) is 3.74. The van der Waals surface area contributed by atoms with E-state index in [4.69, 9.17) is 14.5 Å². The second-order valence-electron chi connectivity index (χ2n) is 13.6. The topological polar surface area (TPSA) is 179 Å². The fourth-order valence-electron chi connectivity index (χ4n) is 6.77. The molecule has 1 aromatic carbocycles. The third kappa shape index (κ3) is 5.91. The van der Waals surface area contributed by atoms with Gasteiger partial charge in [-0.05, 0) is 50.7 Å². The molecular formula is C34H41N7O7. The van der Waals surface area contributed by atoms with Crippen molar-refractivity contribution in [1.29, 1.82) is 0 Å². The molecule has 0 bridgehead atoms. The maximum absolute atomic E-state index is 14.0. The highest BCUT2D eigenvalue weighted by atomic mass is 16.6. The van der Waals surface area contributed by atoms with Crippen LogP contribution in [0.1, 0.15) is 64.5 Å². The summed E-state index contributed by atoms with van der Waals surface area (Å²) in [5.74, 6) is -0.667. The summed E-state index contributed by atoms with van der Waals surface area (Å²) in [7, 11) is 5.03. The number of amides is 1. The van der Waals surface area contributed by atoms with Gasteiger partial charge in [0.05, 0.1) is 59.6 Å². The van der Waals surface area contributed by atoms with E-state index in [1.54, 1.807) is 62.0 Å². The lowest BCUT2D eigenvalue weighted by Crippen LogP contribution is -2.42. The van der Waals surface area contributed by atoms with Crippen molar-refractivity contribution in [1.82, 2.24) is 34.2 Å². The molecule has 0 aliphatic heterocycles. The summed E-state index contributed by atoms with van der Waals surface area (Å²) in [6.45, 7) is 7.17. The third-order valence-corrected chi connectivity index (χ3v) is 8.95. The number of aromatic nitrogens is 6. The molecule has 5 aromatic rings. The van der Waals surface area contributed by atoms with Gasteiger partial charge in [-0.15, -0.1) is 5.10 Å². The number of rotatable bonds is 8. The van der Waals surface area contributed by atoms with Crippen molar-refractivity contribution >= 4 is 34.1 Å². The zero-order chi connectivity index (χ0) is 34.7. The summed E-state index contributed by atoms with van der Waals surface area (Å²) < 4.78 is 16.0. The standard InChI is InChI=1S/C34H41N7O7/c1-17(12-25(43)44)18-8-10-19(11-9-18)26-27-29-23(15-35-30(27)37-28(26)21-16-39(5)38-31(21)47-7)40(6)33(46)41(29)20-13-22(24(42)14-20)36-32(45)48-34(2,3)4/h8-11,15-17,20,22,24,42H,12-14H2,1-7H3,(H,35,37)(H,36,45)(H,43,44)/t17-,20+,22+,24-/m1/s1. The molecule has 4 heterocycles. The quantitative estimate of drug-likeness (QED) is 0.187. The lowest BCUT2D eigenvalue weighted by Gasteiger charge is -2.23. The van der Waals surface area contributed by atoms with Crippen LogP contribution in [-0.2, 0) is 23.6 Å². The number of nitrogens with one attached hydrogen (secondary N) is 2. The number of pyridine rings is 1. The summed E-state index contributed by atoms with van der Waals surface area (Å²) in [6.07, 6.45) is 2.51. The van der Waals surface area contributed by atoms with Crippen molar-refractivity contribution in [3.63, 3.8) is 0 Å². The van der Waals surface area contributed by atoms with Crippen molar-refractivity contribution < 1.29 is 29.3 Å². The minimum absolute atomic E-state index is 0.00240. The molecule has 14 nitrogen and oxygen atoms in total. The Kier molecular flexibility index (Phi) is 8.31. The Labute approximate surface area is 276 Å². The highest BCUT2D eigenvalue weighted by Crippen LogP contribution is 2.44. The second-order valence-corrected chi connectivity index (χ2v) is 13.6. The average molecular weight is 660 g/mol. The molecule has 0 spiro atoms. The van der Waals surface area contributed by atoms with E-state index in [2.05, 4.69) is 15.4 Å². The Morgan fingerprint density at radius 2 is 1.88 bits per heavy atom. The van der Waals surface area contributed by atoms with E-state index >= 15 is 0 Å². The van der Waals surface area contributed by atoms with Gasteiger partial charge >= 0.3 is 17.8 Å². The molecule has 48 heavy (non-hydrogen) atoms. The maximum atomic E-state index is 14.0. The number of aliphatic hydroxyl groups is 1. The molecule has 4 aromatic heterocycles. The minimum Gasteiger partial charge on any atom is -0.481 e. The molecule has 0 unspecified atom stereocenters. The van der Waals surface area contributed by atoms with Crippen LogP contribution < -0.4 is 15.7 Å². The number of hydrogen-bond donors (Lipinski definition) is 4. The Balaban J connectivity index is 1.55. The normalized spacial score (nSPS) is 18.8. The van der Waals surface area contributed by atoms with Gasteiger partial charge in [0.2, 0.25) is 5.88 Å². The van der Waals surface area contributed by atoms with Gasteiger partial charge in [-0.3, -0.25) is 18.6 Å². The molecule has 14 heteroatoms. The summed E-state index contributed by atoms with van der Waals surface area (Å²) in [5, 5.41) is 28.3. The minimum atomic E-state index is -0.900.